The van der Waals surface area contributed by atoms with Gasteiger partial charge in [-0.3, -0.25) is 9.67 Å². The first-order chi connectivity index (χ1) is 10.6. The maximum Gasteiger partial charge on any atom is 0.135 e. The van der Waals surface area contributed by atoms with Crippen LogP contribution in [0.25, 0.3) is 11.4 Å². The topological polar surface area (TPSA) is 82.5 Å². The first-order valence-electron chi connectivity index (χ1n) is 6.80. The third-order valence-electron chi connectivity index (χ3n) is 3.56. The fraction of sp³-hybridized carbons (Fsp3) is 0.200. The number of nitrogens with two attached hydrogens (primary N) is 1. The Morgan fingerprint density at radius 3 is 2.73 bits per heavy atom. The molecule has 0 unspecified atom stereocenters. The molecule has 0 aliphatic heterocycles. The van der Waals surface area contributed by atoms with Crippen LogP contribution in [0.2, 0.25) is 5.15 Å². The van der Waals surface area contributed by atoms with Crippen LogP contribution in [0.1, 0.15) is 24.1 Å². The highest BCUT2D eigenvalue weighted by Crippen LogP contribution is 2.33. The summed E-state index contributed by atoms with van der Waals surface area (Å²) in [7, 11) is 1.85. The number of nitrogen functional groups attached to an aromatic ring is 1. The van der Waals surface area contributed by atoms with E-state index in [9.17, 15) is 0 Å². The van der Waals surface area contributed by atoms with Crippen molar-refractivity contribution in [3.63, 3.8) is 0 Å². The zero-order chi connectivity index (χ0) is 15.7. The molecule has 0 radical (unpaired) electrons. The quantitative estimate of drug-likeness (QED) is 0.751. The Morgan fingerprint density at radius 1 is 1.23 bits per heavy atom. The molecule has 3 heterocycles. The van der Waals surface area contributed by atoms with Crippen molar-refractivity contribution in [1.82, 2.24) is 25.0 Å². The second-order valence-corrected chi connectivity index (χ2v) is 5.39. The van der Waals surface area contributed by atoms with E-state index >= 15 is 0 Å². The van der Waals surface area contributed by atoms with Gasteiger partial charge in [0.25, 0.3) is 0 Å². The number of pyridine rings is 2. The van der Waals surface area contributed by atoms with Gasteiger partial charge >= 0.3 is 0 Å². The Morgan fingerprint density at radius 2 is 2.05 bits per heavy atom. The van der Waals surface area contributed by atoms with Crippen molar-refractivity contribution in [3.8, 4) is 11.4 Å². The molecule has 0 fully saturated rings. The lowest BCUT2D eigenvalue weighted by atomic mass is 9.96. The highest BCUT2D eigenvalue weighted by atomic mass is 35.5. The van der Waals surface area contributed by atoms with Crippen LogP contribution in [-0.2, 0) is 7.05 Å². The minimum atomic E-state index is -0.0180. The van der Waals surface area contributed by atoms with E-state index in [1.165, 1.54) is 0 Å². The zero-order valence-electron chi connectivity index (χ0n) is 12.2. The summed E-state index contributed by atoms with van der Waals surface area (Å²) in [6.07, 6.45) is 3.28. The molecule has 2 N–H and O–H groups in total. The SMILES string of the molecule is C[C@H](c1cccnc1Cl)c1c(-c2ccc(N)cn2)nnn1C. The largest absolute Gasteiger partial charge is 0.397 e. The summed E-state index contributed by atoms with van der Waals surface area (Å²) < 4.78 is 1.74. The number of hydrogen-bond donors (Lipinski definition) is 1. The van der Waals surface area contributed by atoms with Crippen LogP contribution < -0.4 is 5.73 Å². The summed E-state index contributed by atoms with van der Waals surface area (Å²) in [5.41, 5.74) is 9.59. The Kier molecular flexibility index (Phi) is 3.77. The molecule has 0 amide bonds. The molecule has 1 atom stereocenters. The molecule has 3 rings (SSSR count). The van der Waals surface area contributed by atoms with Gasteiger partial charge in [-0.05, 0) is 23.8 Å². The molecule has 3 aromatic heterocycles. The van der Waals surface area contributed by atoms with Crippen LogP contribution in [0.5, 0.6) is 0 Å². The standard InChI is InChI=1S/C15H15ClN6/c1-9(11-4-3-7-18-15(11)16)14-13(20-21-22(14)2)12-6-5-10(17)8-19-12/h3-9H,17H2,1-2H3/t9-/m1/s1. The summed E-state index contributed by atoms with van der Waals surface area (Å²) in [5, 5.41) is 8.84. The summed E-state index contributed by atoms with van der Waals surface area (Å²) >= 11 is 6.21. The van der Waals surface area contributed by atoms with Crippen LogP contribution in [-0.4, -0.2) is 25.0 Å². The Hall–Kier alpha value is -2.47. The fourth-order valence-corrected chi connectivity index (χ4v) is 2.73. The minimum Gasteiger partial charge on any atom is -0.397 e. The van der Waals surface area contributed by atoms with Crippen molar-refractivity contribution >= 4 is 17.3 Å². The molecule has 0 aromatic carbocycles. The normalized spacial score (nSPS) is 12.3. The lowest BCUT2D eigenvalue weighted by Gasteiger charge is -2.14. The molecule has 0 saturated heterocycles. The molecular formula is C15H15ClN6. The third kappa shape index (κ3) is 2.53. The Bertz CT molecular complexity index is 796. The van der Waals surface area contributed by atoms with Gasteiger partial charge in [-0.25, -0.2) is 4.98 Å². The predicted molar refractivity (Wildman–Crippen MR) is 85.4 cm³/mol. The van der Waals surface area contributed by atoms with Crippen LogP contribution >= 0.6 is 11.6 Å². The van der Waals surface area contributed by atoms with E-state index in [2.05, 4.69) is 20.3 Å². The highest BCUT2D eigenvalue weighted by molar-refractivity contribution is 6.30. The number of aryl methyl sites for hydroxylation is 1. The molecule has 112 valence electrons. The number of rotatable bonds is 3. The van der Waals surface area contributed by atoms with Gasteiger partial charge in [-0.15, -0.1) is 5.10 Å². The maximum absolute atomic E-state index is 6.21. The van der Waals surface area contributed by atoms with Crippen molar-refractivity contribution in [2.75, 3.05) is 5.73 Å². The van der Waals surface area contributed by atoms with E-state index in [0.717, 1.165) is 22.6 Å². The summed E-state index contributed by atoms with van der Waals surface area (Å²) in [4.78, 5) is 8.47. The number of anilines is 1. The molecule has 0 spiro atoms. The third-order valence-corrected chi connectivity index (χ3v) is 3.88. The lowest BCUT2D eigenvalue weighted by molar-refractivity contribution is 0.659. The van der Waals surface area contributed by atoms with Crippen LogP contribution in [0, 0.1) is 0 Å². The van der Waals surface area contributed by atoms with Gasteiger partial charge in [-0.1, -0.05) is 29.8 Å². The van der Waals surface area contributed by atoms with Gasteiger partial charge in [-0.2, -0.15) is 0 Å². The predicted octanol–water partition coefficient (Wildman–Crippen LogP) is 2.66. The van der Waals surface area contributed by atoms with Crippen molar-refractivity contribution in [3.05, 3.63) is 53.1 Å². The molecule has 0 aliphatic carbocycles. The van der Waals surface area contributed by atoms with Gasteiger partial charge in [0.15, 0.2) is 0 Å². The Labute approximate surface area is 133 Å². The summed E-state index contributed by atoms with van der Waals surface area (Å²) in [6, 6.07) is 7.44. The molecule has 0 saturated carbocycles. The van der Waals surface area contributed by atoms with Gasteiger partial charge in [0.05, 0.1) is 23.3 Å². The molecule has 3 aromatic rings. The van der Waals surface area contributed by atoms with Crippen LogP contribution in [0.3, 0.4) is 0 Å². The Balaban J connectivity index is 2.10. The molecule has 6 nitrogen and oxygen atoms in total. The average molecular weight is 315 g/mol. The van der Waals surface area contributed by atoms with Gasteiger partial charge in [0, 0.05) is 19.2 Å². The number of nitrogens with zero attached hydrogens (tertiary/aromatic N) is 5. The van der Waals surface area contributed by atoms with Crippen molar-refractivity contribution < 1.29 is 0 Å². The highest BCUT2D eigenvalue weighted by Gasteiger charge is 2.22. The molecule has 7 heteroatoms. The van der Waals surface area contributed by atoms with Gasteiger partial charge in [0.1, 0.15) is 10.8 Å². The van der Waals surface area contributed by atoms with E-state index in [-0.39, 0.29) is 5.92 Å². The van der Waals surface area contributed by atoms with Crippen LogP contribution in [0.15, 0.2) is 36.7 Å². The minimum absolute atomic E-state index is 0.0180. The van der Waals surface area contributed by atoms with Gasteiger partial charge < -0.3 is 5.73 Å². The first-order valence-corrected chi connectivity index (χ1v) is 7.17. The van der Waals surface area contributed by atoms with E-state index in [1.54, 1.807) is 23.1 Å². The summed E-state index contributed by atoms with van der Waals surface area (Å²) in [5.74, 6) is -0.0180. The molecular weight excluding hydrogens is 300 g/mol. The van der Waals surface area contributed by atoms with E-state index < -0.39 is 0 Å². The van der Waals surface area contributed by atoms with Gasteiger partial charge in [0.2, 0.25) is 0 Å². The van der Waals surface area contributed by atoms with E-state index in [0.29, 0.717) is 10.8 Å². The summed E-state index contributed by atoms with van der Waals surface area (Å²) in [6.45, 7) is 2.04. The maximum atomic E-state index is 6.21. The van der Waals surface area contributed by atoms with E-state index in [1.807, 2.05) is 32.2 Å². The van der Waals surface area contributed by atoms with Crippen molar-refractivity contribution in [1.29, 1.82) is 0 Å². The molecule has 0 aliphatic rings. The van der Waals surface area contributed by atoms with Crippen LogP contribution in [0.4, 0.5) is 5.69 Å². The van der Waals surface area contributed by atoms with E-state index in [4.69, 9.17) is 17.3 Å². The second kappa shape index (κ2) is 5.73. The second-order valence-electron chi connectivity index (χ2n) is 5.03. The van der Waals surface area contributed by atoms with Crippen molar-refractivity contribution in [2.45, 2.75) is 12.8 Å². The number of halogens is 1. The monoisotopic (exact) mass is 314 g/mol. The number of aromatic nitrogens is 5. The smallest absolute Gasteiger partial charge is 0.135 e. The average Bonchev–Trinajstić information content (AvgIpc) is 2.89. The fourth-order valence-electron chi connectivity index (χ4n) is 2.45. The zero-order valence-corrected chi connectivity index (χ0v) is 13.0. The molecule has 0 bridgehead atoms. The lowest BCUT2D eigenvalue weighted by Crippen LogP contribution is -2.07. The van der Waals surface area contributed by atoms with Crippen molar-refractivity contribution in [2.24, 2.45) is 7.05 Å². The number of hydrogen-bond acceptors (Lipinski definition) is 5. The first kappa shape index (κ1) is 14.5. The molecule has 22 heavy (non-hydrogen) atoms.